The first kappa shape index (κ1) is 16.8. The smallest absolute Gasteiger partial charge is 0.407 e. The number of rotatable bonds is 6. The molecule has 0 aromatic rings. The van der Waals surface area contributed by atoms with Crippen molar-refractivity contribution < 1.29 is 14.3 Å². The summed E-state index contributed by atoms with van der Waals surface area (Å²) in [5, 5.41) is 2.63. The van der Waals surface area contributed by atoms with Gasteiger partial charge < -0.3 is 15.0 Å². The van der Waals surface area contributed by atoms with Crippen LogP contribution in [0.15, 0.2) is 0 Å². The van der Waals surface area contributed by atoms with E-state index in [1.165, 1.54) is 0 Å². The van der Waals surface area contributed by atoms with E-state index in [0.29, 0.717) is 24.9 Å². The summed E-state index contributed by atoms with van der Waals surface area (Å²) in [5.74, 6) is 0.593. The second-order valence-corrected chi connectivity index (χ2v) is 6.85. The van der Waals surface area contributed by atoms with Crippen molar-refractivity contribution in [3.05, 3.63) is 0 Å². The molecule has 0 spiro atoms. The van der Waals surface area contributed by atoms with Crippen LogP contribution in [0.5, 0.6) is 0 Å². The van der Waals surface area contributed by atoms with Crippen LogP contribution in [0.3, 0.4) is 0 Å². The molecule has 1 aliphatic rings. The lowest BCUT2D eigenvalue weighted by Gasteiger charge is -2.25. The highest BCUT2D eigenvalue weighted by Crippen LogP contribution is 2.28. The van der Waals surface area contributed by atoms with E-state index >= 15 is 0 Å². The molecule has 116 valence electrons. The minimum absolute atomic E-state index is 0.122. The Morgan fingerprint density at radius 1 is 1.30 bits per heavy atom. The van der Waals surface area contributed by atoms with Crippen LogP contribution in [0.2, 0.25) is 0 Å². The molecule has 5 nitrogen and oxygen atoms in total. The Morgan fingerprint density at radius 2 is 1.90 bits per heavy atom. The van der Waals surface area contributed by atoms with Gasteiger partial charge in [-0.3, -0.25) is 4.79 Å². The van der Waals surface area contributed by atoms with Crippen molar-refractivity contribution >= 4 is 12.0 Å². The summed E-state index contributed by atoms with van der Waals surface area (Å²) in [5.41, 5.74) is -0.508. The summed E-state index contributed by atoms with van der Waals surface area (Å²) >= 11 is 0. The van der Waals surface area contributed by atoms with Crippen molar-refractivity contribution in [1.29, 1.82) is 0 Å². The molecule has 0 heterocycles. The van der Waals surface area contributed by atoms with Crippen molar-refractivity contribution in [2.24, 2.45) is 5.92 Å². The molecule has 0 bridgehead atoms. The summed E-state index contributed by atoms with van der Waals surface area (Å²) in [6, 6.07) is 0.423. The molecular formula is C15H28N2O3. The quantitative estimate of drug-likeness (QED) is 0.815. The second kappa shape index (κ2) is 6.95. The summed E-state index contributed by atoms with van der Waals surface area (Å²) in [7, 11) is 0. The highest BCUT2D eigenvalue weighted by Gasteiger charge is 2.32. The number of amides is 2. The fourth-order valence-corrected chi connectivity index (χ4v) is 1.96. The SMILES string of the molecule is CC(C)CN(C(=O)CCNC(=O)OC(C)(C)C)C1CC1. The van der Waals surface area contributed by atoms with Crippen LogP contribution in [0.1, 0.15) is 53.9 Å². The highest BCUT2D eigenvalue weighted by molar-refractivity contribution is 5.78. The molecule has 1 aliphatic carbocycles. The summed E-state index contributed by atoms with van der Waals surface area (Å²) in [6.07, 6.45) is 2.09. The zero-order valence-corrected chi connectivity index (χ0v) is 13.4. The molecule has 0 aromatic heterocycles. The normalized spacial score (nSPS) is 15.1. The van der Waals surface area contributed by atoms with Gasteiger partial charge in [-0.15, -0.1) is 0 Å². The minimum atomic E-state index is -0.508. The van der Waals surface area contributed by atoms with E-state index in [2.05, 4.69) is 19.2 Å². The van der Waals surface area contributed by atoms with Gasteiger partial charge >= 0.3 is 6.09 Å². The fourth-order valence-electron chi connectivity index (χ4n) is 1.96. The molecule has 0 atom stereocenters. The van der Waals surface area contributed by atoms with Gasteiger partial charge in [-0.2, -0.15) is 0 Å². The first-order chi connectivity index (χ1) is 9.19. The topological polar surface area (TPSA) is 58.6 Å². The molecule has 0 aliphatic heterocycles. The van der Waals surface area contributed by atoms with Gasteiger partial charge in [0.25, 0.3) is 0 Å². The van der Waals surface area contributed by atoms with Crippen LogP contribution in [-0.2, 0) is 9.53 Å². The summed E-state index contributed by atoms with van der Waals surface area (Å²) < 4.78 is 5.13. The second-order valence-electron chi connectivity index (χ2n) is 6.85. The molecule has 0 saturated heterocycles. The Labute approximate surface area is 122 Å². The van der Waals surface area contributed by atoms with Crippen molar-refractivity contribution in [2.75, 3.05) is 13.1 Å². The van der Waals surface area contributed by atoms with Crippen molar-refractivity contribution in [3.8, 4) is 0 Å². The molecule has 0 unspecified atom stereocenters. The maximum Gasteiger partial charge on any atom is 0.407 e. The molecule has 1 rings (SSSR count). The number of nitrogens with one attached hydrogen (secondary N) is 1. The predicted molar refractivity (Wildman–Crippen MR) is 78.4 cm³/mol. The number of hydrogen-bond donors (Lipinski definition) is 1. The van der Waals surface area contributed by atoms with Crippen LogP contribution in [0, 0.1) is 5.92 Å². The molecule has 20 heavy (non-hydrogen) atoms. The third-order valence-electron chi connectivity index (χ3n) is 2.88. The van der Waals surface area contributed by atoms with Crippen LogP contribution in [0.4, 0.5) is 4.79 Å². The average molecular weight is 284 g/mol. The lowest BCUT2D eigenvalue weighted by atomic mass is 10.2. The number of alkyl carbamates (subject to hydrolysis) is 1. The third-order valence-corrected chi connectivity index (χ3v) is 2.88. The Kier molecular flexibility index (Phi) is 5.84. The molecule has 1 fully saturated rings. The number of hydrogen-bond acceptors (Lipinski definition) is 3. The van der Waals surface area contributed by atoms with E-state index in [4.69, 9.17) is 4.74 Å². The lowest BCUT2D eigenvalue weighted by Crippen LogP contribution is -2.39. The Balaban J connectivity index is 2.29. The Bertz CT molecular complexity index is 344. The van der Waals surface area contributed by atoms with E-state index in [9.17, 15) is 9.59 Å². The third kappa shape index (κ3) is 6.78. The zero-order chi connectivity index (χ0) is 15.3. The average Bonchev–Trinajstić information content (AvgIpc) is 3.06. The summed E-state index contributed by atoms with van der Waals surface area (Å²) in [6.45, 7) is 10.8. The Hall–Kier alpha value is -1.26. The van der Waals surface area contributed by atoms with Crippen LogP contribution in [0.25, 0.3) is 0 Å². The molecule has 5 heteroatoms. The van der Waals surface area contributed by atoms with Gasteiger partial charge in [0.15, 0.2) is 0 Å². The van der Waals surface area contributed by atoms with Crippen LogP contribution >= 0.6 is 0 Å². The lowest BCUT2D eigenvalue weighted by molar-refractivity contribution is -0.132. The minimum Gasteiger partial charge on any atom is -0.444 e. The van der Waals surface area contributed by atoms with E-state index in [1.807, 2.05) is 25.7 Å². The van der Waals surface area contributed by atoms with Gasteiger partial charge in [0.2, 0.25) is 5.91 Å². The number of carbonyl (C=O) groups is 2. The maximum atomic E-state index is 12.2. The number of nitrogens with zero attached hydrogens (tertiary/aromatic N) is 1. The monoisotopic (exact) mass is 284 g/mol. The van der Waals surface area contributed by atoms with Crippen molar-refractivity contribution in [2.45, 2.75) is 65.5 Å². The molecule has 0 aromatic carbocycles. The number of ether oxygens (including phenoxy) is 1. The van der Waals surface area contributed by atoms with Crippen LogP contribution in [-0.4, -0.2) is 41.6 Å². The molecule has 1 saturated carbocycles. The predicted octanol–water partition coefficient (Wildman–Crippen LogP) is 2.55. The van der Waals surface area contributed by atoms with E-state index in [0.717, 1.165) is 19.4 Å². The molecule has 0 radical (unpaired) electrons. The van der Waals surface area contributed by atoms with E-state index in [-0.39, 0.29) is 5.91 Å². The maximum absolute atomic E-state index is 12.2. The molecule has 2 amide bonds. The van der Waals surface area contributed by atoms with Gasteiger partial charge in [-0.1, -0.05) is 13.8 Å². The first-order valence-corrected chi connectivity index (χ1v) is 7.45. The largest absolute Gasteiger partial charge is 0.444 e. The fraction of sp³-hybridized carbons (Fsp3) is 0.867. The van der Waals surface area contributed by atoms with Gasteiger partial charge in [-0.05, 0) is 39.5 Å². The Morgan fingerprint density at radius 3 is 2.35 bits per heavy atom. The highest BCUT2D eigenvalue weighted by atomic mass is 16.6. The molecule has 1 N–H and O–H groups in total. The summed E-state index contributed by atoms with van der Waals surface area (Å²) in [4.78, 5) is 25.6. The standard InChI is InChI=1S/C15H28N2O3/c1-11(2)10-17(12-6-7-12)13(18)8-9-16-14(19)20-15(3,4)5/h11-12H,6-10H2,1-5H3,(H,16,19). The van der Waals surface area contributed by atoms with Crippen molar-refractivity contribution in [3.63, 3.8) is 0 Å². The molecular weight excluding hydrogens is 256 g/mol. The van der Waals surface area contributed by atoms with E-state index < -0.39 is 11.7 Å². The van der Waals surface area contributed by atoms with Gasteiger partial charge in [0.05, 0.1) is 0 Å². The zero-order valence-electron chi connectivity index (χ0n) is 13.4. The van der Waals surface area contributed by atoms with Gasteiger partial charge in [-0.25, -0.2) is 4.79 Å². The van der Waals surface area contributed by atoms with Crippen LogP contribution < -0.4 is 5.32 Å². The van der Waals surface area contributed by atoms with Gasteiger partial charge in [0, 0.05) is 25.6 Å². The first-order valence-electron chi connectivity index (χ1n) is 7.45. The number of carbonyl (C=O) groups excluding carboxylic acids is 2. The van der Waals surface area contributed by atoms with E-state index in [1.54, 1.807) is 0 Å². The van der Waals surface area contributed by atoms with Crippen molar-refractivity contribution in [1.82, 2.24) is 10.2 Å². The van der Waals surface area contributed by atoms with Gasteiger partial charge in [0.1, 0.15) is 5.60 Å².